The molecule has 4 nitrogen and oxygen atoms in total. The van der Waals surface area contributed by atoms with Crippen LogP contribution in [0.3, 0.4) is 0 Å². The number of anilines is 1. The van der Waals surface area contributed by atoms with Crippen molar-refractivity contribution in [3.05, 3.63) is 28.2 Å². The summed E-state index contributed by atoms with van der Waals surface area (Å²) in [6.45, 7) is 8.24. The van der Waals surface area contributed by atoms with Crippen molar-refractivity contribution in [3.63, 3.8) is 0 Å². The van der Waals surface area contributed by atoms with Gasteiger partial charge >= 0.3 is 5.97 Å². The second-order valence-electron chi connectivity index (χ2n) is 6.01. The minimum absolute atomic E-state index is 0.0344. The molecule has 0 aliphatic heterocycles. The Morgan fingerprint density at radius 3 is 2.45 bits per heavy atom. The first kappa shape index (κ1) is 16.7. The zero-order chi connectivity index (χ0) is 15.5. The molecule has 20 heavy (non-hydrogen) atoms. The summed E-state index contributed by atoms with van der Waals surface area (Å²) in [5, 5.41) is 11.8. The highest BCUT2D eigenvalue weighted by atomic mass is 79.9. The predicted octanol–water partition coefficient (Wildman–Crippen LogP) is 4.16. The van der Waals surface area contributed by atoms with Crippen LogP contribution in [-0.2, 0) is 4.79 Å². The van der Waals surface area contributed by atoms with Gasteiger partial charge in [0.25, 0.3) is 0 Å². The smallest absolute Gasteiger partial charge is 0.337 e. The number of carbonyl (C=O) groups excluding carboxylic acids is 1. The van der Waals surface area contributed by atoms with Crippen molar-refractivity contribution in [2.24, 2.45) is 11.3 Å². The van der Waals surface area contributed by atoms with Crippen LogP contribution in [0.15, 0.2) is 22.7 Å². The van der Waals surface area contributed by atoms with E-state index in [4.69, 9.17) is 5.11 Å². The van der Waals surface area contributed by atoms with E-state index in [1.807, 2.05) is 6.92 Å². The number of carboxylic acid groups (broad SMARTS) is 1. The van der Waals surface area contributed by atoms with Crippen LogP contribution in [0.1, 0.15) is 44.5 Å². The quantitative estimate of drug-likeness (QED) is 0.863. The monoisotopic (exact) mass is 341 g/mol. The fourth-order valence-corrected chi connectivity index (χ4v) is 1.95. The zero-order valence-corrected chi connectivity index (χ0v) is 13.7. The van der Waals surface area contributed by atoms with Gasteiger partial charge in [0.2, 0.25) is 5.91 Å². The average molecular weight is 342 g/mol. The van der Waals surface area contributed by atoms with Gasteiger partial charge in [0.1, 0.15) is 0 Å². The zero-order valence-electron chi connectivity index (χ0n) is 12.2. The number of rotatable bonds is 4. The summed E-state index contributed by atoms with van der Waals surface area (Å²) in [5.41, 5.74) is 0.440. The summed E-state index contributed by atoms with van der Waals surface area (Å²) in [4.78, 5) is 23.2. The number of aromatic carboxylic acids is 1. The molecule has 5 heteroatoms. The maximum absolute atomic E-state index is 12.0. The summed E-state index contributed by atoms with van der Waals surface area (Å²) in [6.07, 6.45) is 0.360. The first-order chi connectivity index (χ1) is 9.11. The summed E-state index contributed by atoms with van der Waals surface area (Å²) in [5.74, 6) is -1.03. The summed E-state index contributed by atoms with van der Waals surface area (Å²) >= 11 is 3.22. The van der Waals surface area contributed by atoms with Crippen LogP contribution in [0.25, 0.3) is 0 Å². The van der Waals surface area contributed by atoms with Gasteiger partial charge in [-0.1, -0.05) is 43.6 Å². The molecule has 0 bridgehead atoms. The molecular formula is C15H20BrNO3. The van der Waals surface area contributed by atoms with Gasteiger partial charge in [-0.25, -0.2) is 4.79 Å². The van der Waals surface area contributed by atoms with Gasteiger partial charge in [-0.05, 0) is 29.5 Å². The molecule has 0 aliphatic rings. The topological polar surface area (TPSA) is 66.4 Å². The molecule has 1 unspecified atom stereocenters. The van der Waals surface area contributed by atoms with Crippen LogP contribution in [0.5, 0.6) is 0 Å². The Morgan fingerprint density at radius 2 is 1.95 bits per heavy atom. The first-order valence-electron chi connectivity index (χ1n) is 6.44. The highest BCUT2D eigenvalue weighted by Gasteiger charge is 2.23. The third-order valence-corrected chi connectivity index (χ3v) is 3.95. The van der Waals surface area contributed by atoms with Gasteiger partial charge in [0.05, 0.1) is 11.3 Å². The van der Waals surface area contributed by atoms with E-state index in [9.17, 15) is 9.59 Å². The van der Waals surface area contributed by atoms with Gasteiger partial charge in [0, 0.05) is 10.9 Å². The van der Waals surface area contributed by atoms with Crippen molar-refractivity contribution >= 4 is 33.5 Å². The molecule has 0 saturated carbocycles. The third-order valence-electron chi connectivity index (χ3n) is 3.46. The lowest BCUT2D eigenvalue weighted by Gasteiger charge is -2.26. The van der Waals surface area contributed by atoms with E-state index in [0.29, 0.717) is 16.6 Å². The highest BCUT2D eigenvalue weighted by molar-refractivity contribution is 9.10. The maximum atomic E-state index is 12.0. The summed E-state index contributed by atoms with van der Waals surface area (Å²) < 4.78 is 0.663. The van der Waals surface area contributed by atoms with E-state index < -0.39 is 5.97 Å². The predicted molar refractivity (Wildman–Crippen MR) is 83.0 cm³/mol. The Labute approximate surface area is 127 Å². The molecule has 0 spiro atoms. The number of halogens is 1. The van der Waals surface area contributed by atoms with Crippen LogP contribution in [0.4, 0.5) is 5.69 Å². The van der Waals surface area contributed by atoms with Gasteiger partial charge in [0.15, 0.2) is 0 Å². The molecule has 1 aromatic rings. The first-order valence-corrected chi connectivity index (χ1v) is 7.23. The lowest BCUT2D eigenvalue weighted by Crippen LogP contribution is -2.24. The summed E-state index contributed by atoms with van der Waals surface area (Å²) in [7, 11) is 0. The van der Waals surface area contributed by atoms with Gasteiger partial charge < -0.3 is 10.4 Å². The Hall–Kier alpha value is -1.36. The van der Waals surface area contributed by atoms with Crippen molar-refractivity contribution in [2.45, 2.75) is 34.1 Å². The van der Waals surface area contributed by atoms with E-state index in [1.165, 1.54) is 6.07 Å². The summed E-state index contributed by atoms with van der Waals surface area (Å²) in [6, 6.07) is 4.77. The van der Waals surface area contributed by atoms with Crippen LogP contribution >= 0.6 is 15.9 Å². The molecule has 0 fully saturated rings. The number of amides is 1. The van der Waals surface area contributed by atoms with Crippen molar-refractivity contribution in [3.8, 4) is 0 Å². The molecule has 0 saturated heterocycles. The molecule has 2 N–H and O–H groups in total. The fraction of sp³-hybridized carbons (Fsp3) is 0.467. The van der Waals surface area contributed by atoms with Crippen LogP contribution in [0.2, 0.25) is 0 Å². The highest BCUT2D eigenvalue weighted by Crippen LogP contribution is 2.29. The van der Waals surface area contributed by atoms with Gasteiger partial charge in [-0.2, -0.15) is 0 Å². The van der Waals surface area contributed by atoms with Crippen molar-refractivity contribution < 1.29 is 14.7 Å². The Morgan fingerprint density at radius 1 is 1.35 bits per heavy atom. The Bertz CT molecular complexity index is 520. The van der Waals surface area contributed by atoms with E-state index in [2.05, 4.69) is 42.0 Å². The van der Waals surface area contributed by atoms with Crippen molar-refractivity contribution in [2.75, 3.05) is 5.32 Å². The molecule has 1 aromatic carbocycles. The fourth-order valence-electron chi connectivity index (χ4n) is 1.59. The number of nitrogens with one attached hydrogen (secondary N) is 1. The number of hydrogen-bond acceptors (Lipinski definition) is 2. The molecule has 0 aromatic heterocycles. The van der Waals surface area contributed by atoms with Crippen LogP contribution in [0, 0.1) is 11.3 Å². The molecule has 1 rings (SSSR count). The SMILES string of the molecule is CC(CC(=O)Nc1ccc(Br)cc1C(=O)O)C(C)(C)C. The molecule has 110 valence electrons. The van der Waals surface area contributed by atoms with Crippen LogP contribution in [-0.4, -0.2) is 17.0 Å². The third kappa shape index (κ3) is 4.63. The van der Waals surface area contributed by atoms with E-state index >= 15 is 0 Å². The maximum Gasteiger partial charge on any atom is 0.337 e. The molecule has 0 aliphatic carbocycles. The number of carbonyl (C=O) groups is 2. The van der Waals surface area contributed by atoms with Gasteiger partial charge in [-0.15, -0.1) is 0 Å². The lowest BCUT2D eigenvalue weighted by molar-refractivity contribution is -0.117. The number of carboxylic acids is 1. The lowest BCUT2D eigenvalue weighted by atomic mass is 9.80. The molecular weight excluding hydrogens is 322 g/mol. The van der Waals surface area contributed by atoms with Crippen LogP contribution < -0.4 is 5.32 Å². The normalized spacial score (nSPS) is 12.8. The second kappa shape index (κ2) is 6.39. The van der Waals surface area contributed by atoms with Gasteiger partial charge in [-0.3, -0.25) is 4.79 Å². The minimum atomic E-state index is -1.06. The number of benzene rings is 1. The van der Waals surface area contributed by atoms with Crippen molar-refractivity contribution in [1.29, 1.82) is 0 Å². The average Bonchev–Trinajstić information content (AvgIpc) is 2.29. The Kier molecular flexibility index (Phi) is 5.34. The number of hydrogen-bond donors (Lipinski definition) is 2. The Balaban J connectivity index is 2.84. The largest absolute Gasteiger partial charge is 0.478 e. The molecule has 0 radical (unpaired) electrons. The molecule has 1 amide bonds. The standard InChI is InChI=1S/C15H20BrNO3/c1-9(15(2,3)4)7-13(18)17-12-6-5-10(16)8-11(12)14(19)20/h5-6,8-9H,7H2,1-4H3,(H,17,18)(H,19,20). The molecule has 1 atom stereocenters. The van der Waals surface area contributed by atoms with Crippen molar-refractivity contribution in [1.82, 2.24) is 0 Å². The minimum Gasteiger partial charge on any atom is -0.478 e. The molecule has 0 heterocycles. The second-order valence-corrected chi connectivity index (χ2v) is 6.93. The van der Waals surface area contributed by atoms with E-state index in [-0.39, 0.29) is 22.8 Å². The van der Waals surface area contributed by atoms with E-state index in [0.717, 1.165) is 0 Å². The van der Waals surface area contributed by atoms with E-state index in [1.54, 1.807) is 12.1 Å².